The van der Waals surface area contributed by atoms with E-state index in [0.29, 0.717) is 17.8 Å². The van der Waals surface area contributed by atoms with Gasteiger partial charge in [-0.05, 0) is 43.0 Å². The molecule has 0 saturated carbocycles. The third-order valence-electron chi connectivity index (χ3n) is 4.80. The summed E-state index contributed by atoms with van der Waals surface area (Å²) < 4.78 is 56.6. The van der Waals surface area contributed by atoms with E-state index in [1.165, 1.54) is 0 Å². The van der Waals surface area contributed by atoms with Crippen molar-refractivity contribution in [3.63, 3.8) is 0 Å². The zero-order valence-electron chi connectivity index (χ0n) is 20.1. The lowest BCUT2D eigenvalue weighted by molar-refractivity contribution is -0.672. The molecule has 124 valence electrons. The highest BCUT2D eigenvalue weighted by molar-refractivity contribution is 6.08. The predicted octanol–water partition coefficient (Wildman–Crippen LogP) is 4.80. The van der Waals surface area contributed by atoms with Crippen molar-refractivity contribution in [1.82, 2.24) is 4.98 Å². The maximum atomic E-state index is 8.57. The summed E-state index contributed by atoms with van der Waals surface area (Å²) in [4.78, 5) is 4.32. The van der Waals surface area contributed by atoms with Gasteiger partial charge in [0.15, 0.2) is 18.3 Å². The fourth-order valence-corrected chi connectivity index (χ4v) is 3.68. The summed E-state index contributed by atoms with van der Waals surface area (Å²) in [5.74, 6) is -2.30. The van der Waals surface area contributed by atoms with Crippen LogP contribution in [-0.2, 0) is 12.9 Å². The van der Waals surface area contributed by atoms with Crippen LogP contribution >= 0.6 is 0 Å². The second kappa shape index (κ2) is 5.16. The van der Waals surface area contributed by atoms with Gasteiger partial charge in [0.25, 0.3) is 0 Å². The van der Waals surface area contributed by atoms with Crippen LogP contribution in [0.25, 0.3) is 33.3 Å². The Kier molecular flexibility index (Phi) is 2.00. The second-order valence-corrected chi connectivity index (χ2v) is 6.57. The van der Waals surface area contributed by atoms with E-state index in [9.17, 15) is 0 Å². The van der Waals surface area contributed by atoms with Crippen LogP contribution in [0.2, 0.25) is 0 Å². The first-order valence-electron chi connectivity index (χ1n) is 11.3. The van der Waals surface area contributed by atoms with Gasteiger partial charge in [-0.2, -0.15) is 4.57 Å². The van der Waals surface area contributed by atoms with E-state index in [0.717, 1.165) is 40.1 Å². The number of furan rings is 1. The third-order valence-corrected chi connectivity index (χ3v) is 4.80. The molecule has 0 saturated heterocycles. The average molecular weight is 335 g/mol. The first kappa shape index (κ1) is 9.71. The van der Waals surface area contributed by atoms with Gasteiger partial charge in [-0.1, -0.05) is 19.8 Å². The monoisotopic (exact) mass is 335 g/mol. The molecule has 4 aromatic rings. The number of nitrogens with zero attached hydrogens (tertiary/aromatic N) is 2. The van der Waals surface area contributed by atoms with Crippen molar-refractivity contribution in [3.05, 3.63) is 59.4 Å². The average Bonchev–Trinajstić information content (AvgIpc) is 3.23. The summed E-state index contributed by atoms with van der Waals surface area (Å²) in [6.07, 6.45) is 0.961. The van der Waals surface area contributed by atoms with Gasteiger partial charge in [0, 0.05) is 42.4 Å². The molecule has 1 atom stereocenters. The normalized spacial score (nSPS) is 19.9. The van der Waals surface area contributed by atoms with E-state index in [4.69, 9.17) is 12.6 Å². The standard InChI is InChI=1S/C22H21N2O/c1-13(2)9-16-12-24-11-15-6-7-17-18-5-4-8-23-22(18)25-21(17)20(15)19(24)10-14(16)3/h4-8,10,12-13H,9,11H2,1-3H3/q+1/i1D3,9D2,13D. The van der Waals surface area contributed by atoms with Gasteiger partial charge < -0.3 is 4.42 Å². The smallest absolute Gasteiger partial charge is 0.227 e. The molecule has 0 aliphatic carbocycles. The Morgan fingerprint density at radius 1 is 1.40 bits per heavy atom. The summed E-state index contributed by atoms with van der Waals surface area (Å²) in [6, 6.07) is 9.74. The van der Waals surface area contributed by atoms with E-state index in [1.54, 1.807) is 19.3 Å². The Balaban J connectivity index is 1.72. The van der Waals surface area contributed by atoms with Gasteiger partial charge in [0.1, 0.15) is 0 Å². The van der Waals surface area contributed by atoms with Crippen LogP contribution in [0.4, 0.5) is 0 Å². The lowest BCUT2D eigenvalue weighted by Crippen LogP contribution is -2.33. The molecule has 0 N–H and O–H groups in total. The van der Waals surface area contributed by atoms with Crippen molar-refractivity contribution in [2.24, 2.45) is 5.89 Å². The Bertz CT molecular complexity index is 1370. The Morgan fingerprint density at radius 2 is 2.32 bits per heavy atom. The van der Waals surface area contributed by atoms with Crippen LogP contribution < -0.4 is 4.57 Å². The van der Waals surface area contributed by atoms with E-state index in [-0.39, 0.29) is 5.56 Å². The molecule has 1 aliphatic heterocycles. The minimum atomic E-state index is -2.77. The third kappa shape index (κ3) is 2.12. The Labute approximate surface area is 155 Å². The van der Waals surface area contributed by atoms with Crippen LogP contribution in [0.15, 0.2) is 47.1 Å². The number of aromatic nitrogens is 2. The first-order valence-corrected chi connectivity index (χ1v) is 8.27. The molecule has 1 unspecified atom stereocenters. The highest BCUT2D eigenvalue weighted by atomic mass is 16.3. The SMILES string of the molecule is [2H]C([2H])([2H])C([2H])(C)C([2H])([2H])c1c[n+]2c(cc1C)-c1c(ccc3c1oc1ncccc13)C2. The fraction of sp³-hybridized carbons (Fsp3) is 0.273. The van der Waals surface area contributed by atoms with E-state index >= 15 is 0 Å². The maximum absolute atomic E-state index is 8.57. The number of rotatable bonds is 2. The van der Waals surface area contributed by atoms with Crippen molar-refractivity contribution in [3.8, 4) is 11.3 Å². The van der Waals surface area contributed by atoms with Crippen LogP contribution in [0.5, 0.6) is 0 Å². The highest BCUT2D eigenvalue weighted by Crippen LogP contribution is 2.39. The zero-order chi connectivity index (χ0) is 22.3. The van der Waals surface area contributed by atoms with Gasteiger partial charge in [0.05, 0.1) is 5.56 Å². The van der Waals surface area contributed by atoms with Crippen molar-refractivity contribution in [2.75, 3.05) is 0 Å². The highest BCUT2D eigenvalue weighted by Gasteiger charge is 2.31. The quantitative estimate of drug-likeness (QED) is 0.434. The molecule has 0 fully saturated rings. The molecule has 0 spiro atoms. The molecule has 3 heteroatoms. The summed E-state index contributed by atoms with van der Waals surface area (Å²) in [6.45, 7) is 0.624. The number of benzene rings is 1. The molecule has 1 aromatic carbocycles. The second-order valence-electron chi connectivity index (χ2n) is 6.57. The summed E-state index contributed by atoms with van der Waals surface area (Å²) >= 11 is 0. The van der Waals surface area contributed by atoms with Crippen molar-refractivity contribution >= 4 is 22.1 Å². The molecule has 25 heavy (non-hydrogen) atoms. The molecular weight excluding hydrogens is 308 g/mol. The van der Waals surface area contributed by atoms with Gasteiger partial charge in [-0.25, -0.2) is 4.98 Å². The molecule has 0 bridgehead atoms. The lowest BCUT2D eigenvalue weighted by Gasteiger charge is -2.07. The number of fused-ring (bicyclic) bond motifs is 7. The minimum absolute atomic E-state index is 0.209. The van der Waals surface area contributed by atoms with E-state index in [1.807, 2.05) is 34.9 Å². The molecule has 0 amide bonds. The summed E-state index contributed by atoms with van der Waals surface area (Å²) in [7, 11) is 0. The van der Waals surface area contributed by atoms with E-state index in [2.05, 4.69) is 4.98 Å². The topological polar surface area (TPSA) is 29.9 Å². The molecular formula is C22H21N2O+. The number of pyridine rings is 2. The first-order chi connectivity index (χ1) is 14.4. The van der Waals surface area contributed by atoms with Gasteiger partial charge in [-0.3, -0.25) is 0 Å². The van der Waals surface area contributed by atoms with Crippen molar-refractivity contribution in [1.29, 1.82) is 0 Å². The van der Waals surface area contributed by atoms with Crippen LogP contribution in [0, 0.1) is 12.8 Å². The van der Waals surface area contributed by atoms with Crippen molar-refractivity contribution in [2.45, 2.75) is 33.6 Å². The molecule has 4 heterocycles. The maximum Gasteiger partial charge on any atom is 0.227 e. The van der Waals surface area contributed by atoms with E-state index < -0.39 is 19.1 Å². The van der Waals surface area contributed by atoms with Crippen LogP contribution in [0.1, 0.15) is 38.7 Å². The molecule has 3 aromatic heterocycles. The molecule has 3 nitrogen and oxygen atoms in total. The lowest BCUT2D eigenvalue weighted by atomic mass is 9.98. The summed E-state index contributed by atoms with van der Waals surface area (Å²) in [5.41, 5.74) is 4.95. The number of hydrogen-bond acceptors (Lipinski definition) is 2. The van der Waals surface area contributed by atoms with Gasteiger partial charge in [0.2, 0.25) is 11.4 Å². The molecule has 5 rings (SSSR count). The Hall–Kier alpha value is -2.68. The molecule has 0 radical (unpaired) electrons. The molecule has 1 aliphatic rings. The Morgan fingerprint density at radius 3 is 3.20 bits per heavy atom. The summed E-state index contributed by atoms with van der Waals surface area (Å²) in [5, 5.41) is 1.90. The zero-order valence-corrected chi connectivity index (χ0v) is 14.1. The van der Waals surface area contributed by atoms with Crippen molar-refractivity contribution < 1.29 is 17.2 Å². The van der Waals surface area contributed by atoms with Crippen LogP contribution in [0.3, 0.4) is 0 Å². The van der Waals surface area contributed by atoms with Gasteiger partial charge >= 0.3 is 0 Å². The van der Waals surface area contributed by atoms with Gasteiger partial charge in [-0.15, -0.1) is 0 Å². The number of hydrogen-bond donors (Lipinski definition) is 0. The number of aryl methyl sites for hydroxylation is 1. The van der Waals surface area contributed by atoms with Crippen LogP contribution in [-0.4, -0.2) is 4.98 Å². The fourth-order valence-electron chi connectivity index (χ4n) is 3.68. The largest absolute Gasteiger partial charge is 0.437 e. The minimum Gasteiger partial charge on any atom is -0.437 e. The predicted molar refractivity (Wildman–Crippen MR) is 99.5 cm³/mol.